The molecule has 148 valence electrons. The second-order valence-electron chi connectivity index (χ2n) is 6.77. The zero-order valence-electron chi connectivity index (χ0n) is 15.6. The Bertz CT molecular complexity index is 861. The van der Waals surface area contributed by atoms with Gasteiger partial charge in [-0.1, -0.05) is 12.7 Å². The van der Waals surface area contributed by atoms with Crippen molar-refractivity contribution in [2.75, 3.05) is 17.7 Å². The van der Waals surface area contributed by atoms with Crippen molar-refractivity contribution in [2.45, 2.75) is 37.6 Å². The molecule has 8 heteroatoms. The van der Waals surface area contributed by atoms with Crippen molar-refractivity contribution in [3.8, 4) is 0 Å². The van der Waals surface area contributed by atoms with Crippen LogP contribution < -0.4 is 16.0 Å². The van der Waals surface area contributed by atoms with Gasteiger partial charge in [-0.05, 0) is 30.5 Å². The van der Waals surface area contributed by atoms with E-state index < -0.39 is 5.92 Å². The van der Waals surface area contributed by atoms with Crippen LogP contribution in [0.4, 0.5) is 26.1 Å². The lowest BCUT2D eigenvalue weighted by atomic mass is 9.92. The molecule has 2 aromatic rings. The normalized spacial score (nSPS) is 16.2. The number of hydrogen-bond donors (Lipinski definition) is 3. The summed E-state index contributed by atoms with van der Waals surface area (Å²) in [6.07, 6.45) is 5.18. The predicted molar refractivity (Wildman–Crippen MR) is 106 cm³/mol. The van der Waals surface area contributed by atoms with Gasteiger partial charge in [0.2, 0.25) is 5.92 Å². The van der Waals surface area contributed by atoms with Gasteiger partial charge in [0, 0.05) is 44.4 Å². The smallest absolute Gasteiger partial charge is 0.254 e. The van der Waals surface area contributed by atoms with Crippen LogP contribution in [0, 0.1) is 0 Å². The molecule has 0 bridgehead atoms. The Morgan fingerprint density at radius 3 is 2.64 bits per heavy atom. The van der Waals surface area contributed by atoms with Crippen molar-refractivity contribution in [1.82, 2.24) is 15.3 Å². The molecule has 2 aromatic heterocycles. The maximum Gasteiger partial charge on any atom is 0.254 e. The highest BCUT2D eigenvalue weighted by Gasteiger charge is 2.35. The number of halogens is 2. The van der Waals surface area contributed by atoms with Gasteiger partial charge in [-0.15, -0.1) is 0 Å². The maximum absolute atomic E-state index is 13.4. The second-order valence-corrected chi connectivity index (χ2v) is 6.77. The lowest BCUT2D eigenvalue weighted by molar-refractivity contribution is -0.0361. The summed E-state index contributed by atoms with van der Waals surface area (Å²) in [5.41, 5.74) is 1.81. The maximum atomic E-state index is 13.4. The molecule has 6 nitrogen and oxygen atoms in total. The fourth-order valence-corrected chi connectivity index (χ4v) is 3.14. The zero-order valence-corrected chi connectivity index (χ0v) is 15.6. The Balaban J connectivity index is 1.82. The number of pyridine rings is 2. The highest BCUT2D eigenvalue weighted by Crippen LogP contribution is 2.35. The van der Waals surface area contributed by atoms with Crippen LogP contribution in [0.25, 0.3) is 6.08 Å². The van der Waals surface area contributed by atoms with Crippen molar-refractivity contribution in [1.29, 1.82) is 0 Å². The SMILES string of the molecule is C=Cc1ccnc(Nc2cc(NC3CCC(F)(F)CC3)c(C(=O)NC)cn2)c1. The zero-order chi connectivity index (χ0) is 20.1. The van der Waals surface area contributed by atoms with Gasteiger partial charge in [0.25, 0.3) is 5.91 Å². The quantitative estimate of drug-likeness (QED) is 0.692. The molecule has 1 aliphatic carbocycles. The van der Waals surface area contributed by atoms with Crippen LogP contribution in [0.15, 0.2) is 37.2 Å². The molecule has 0 aromatic carbocycles. The number of carbonyl (C=O) groups excluding carboxylic acids is 1. The van der Waals surface area contributed by atoms with Crippen molar-refractivity contribution < 1.29 is 13.6 Å². The Labute approximate surface area is 162 Å². The Morgan fingerprint density at radius 2 is 1.96 bits per heavy atom. The molecule has 1 saturated carbocycles. The number of anilines is 3. The van der Waals surface area contributed by atoms with E-state index in [1.54, 1.807) is 18.3 Å². The van der Waals surface area contributed by atoms with Crippen LogP contribution in [0.3, 0.4) is 0 Å². The summed E-state index contributed by atoms with van der Waals surface area (Å²) in [5, 5.41) is 8.91. The van der Waals surface area contributed by atoms with Crippen LogP contribution in [-0.2, 0) is 0 Å². The molecule has 1 amide bonds. The summed E-state index contributed by atoms with van der Waals surface area (Å²) in [6, 6.07) is 5.21. The molecule has 0 atom stereocenters. The summed E-state index contributed by atoms with van der Waals surface area (Å²) in [7, 11) is 1.53. The molecule has 0 spiro atoms. The van der Waals surface area contributed by atoms with E-state index in [0.717, 1.165) is 5.56 Å². The first kappa shape index (κ1) is 19.7. The first-order valence-electron chi connectivity index (χ1n) is 9.12. The standard InChI is InChI=1S/C20H23F2N5O/c1-3-13-6-9-24-17(10-13)27-18-11-16(15(12-25-18)19(28)23-2)26-14-4-7-20(21,22)8-5-14/h3,6,9-12,14H,1,4-5,7-8H2,2H3,(H,23,28)(H2,24,25,26,27). The molecule has 3 rings (SSSR count). The second kappa shape index (κ2) is 8.33. The summed E-state index contributed by atoms with van der Waals surface area (Å²) in [4.78, 5) is 20.7. The number of nitrogens with one attached hydrogen (secondary N) is 3. The molecular formula is C20H23F2N5O. The number of aromatic nitrogens is 2. The molecule has 0 saturated heterocycles. The van der Waals surface area contributed by atoms with Crippen LogP contribution >= 0.6 is 0 Å². The van der Waals surface area contributed by atoms with Gasteiger partial charge in [0.05, 0.1) is 11.3 Å². The average Bonchev–Trinajstić information content (AvgIpc) is 2.69. The molecule has 1 fully saturated rings. The molecular weight excluding hydrogens is 364 g/mol. The number of nitrogens with zero attached hydrogens (tertiary/aromatic N) is 2. The molecule has 3 N–H and O–H groups in total. The van der Waals surface area contributed by atoms with Crippen molar-refractivity contribution >= 4 is 29.3 Å². The van der Waals surface area contributed by atoms with E-state index in [1.807, 2.05) is 12.1 Å². The minimum atomic E-state index is -2.60. The average molecular weight is 387 g/mol. The van der Waals surface area contributed by atoms with Gasteiger partial charge in [-0.25, -0.2) is 18.7 Å². The third-order valence-electron chi connectivity index (χ3n) is 4.73. The Hall–Kier alpha value is -3.03. The van der Waals surface area contributed by atoms with E-state index in [9.17, 15) is 13.6 Å². The number of hydrogen-bond acceptors (Lipinski definition) is 5. The first-order chi connectivity index (χ1) is 13.4. The van der Waals surface area contributed by atoms with Gasteiger partial charge in [0.1, 0.15) is 11.6 Å². The molecule has 2 heterocycles. The fourth-order valence-electron chi connectivity index (χ4n) is 3.14. The molecule has 0 unspecified atom stereocenters. The molecule has 1 aliphatic rings. The van der Waals surface area contributed by atoms with E-state index in [-0.39, 0.29) is 24.8 Å². The van der Waals surface area contributed by atoms with E-state index in [2.05, 4.69) is 32.5 Å². The van der Waals surface area contributed by atoms with Crippen LogP contribution in [0.2, 0.25) is 0 Å². The monoisotopic (exact) mass is 387 g/mol. The summed E-state index contributed by atoms with van der Waals surface area (Å²) >= 11 is 0. The predicted octanol–water partition coefficient (Wildman–Crippen LogP) is 4.21. The summed E-state index contributed by atoms with van der Waals surface area (Å²) in [6.45, 7) is 3.73. The van der Waals surface area contributed by atoms with Gasteiger partial charge in [0.15, 0.2) is 0 Å². The first-order valence-corrected chi connectivity index (χ1v) is 9.12. The van der Waals surface area contributed by atoms with Gasteiger partial charge < -0.3 is 16.0 Å². The number of alkyl halides is 2. The molecule has 0 radical (unpaired) electrons. The van der Waals surface area contributed by atoms with Gasteiger partial charge in [-0.3, -0.25) is 4.79 Å². The number of rotatable bonds is 6. The highest BCUT2D eigenvalue weighted by molar-refractivity contribution is 5.99. The summed E-state index contributed by atoms with van der Waals surface area (Å²) in [5.74, 6) is -1.82. The minimum absolute atomic E-state index is 0.125. The van der Waals surface area contributed by atoms with E-state index in [0.29, 0.717) is 35.7 Å². The van der Waals surface area contributed by atoms with E-state index in [1.165, 1.54) is 13.2 Å². The fraction of sp³-hybridized carbons (Fsp3) is 0.350. The highest BCUT2D eigenvalue weighted by atomic mass is 19.3. The molecule has 28 heavy (non-hydrogen) atoms. The van der Waals surface area contributed by atoms with E-state index in [4.69, 9.17) is 0 Å². The van der Waals surface area contributed by atoms with E-state index >= 15 is 0 Å². The lowest BCUT2D eigenvalue weighted by Crippen LogP contribution is -2.33. The lowest BCUT2D eigenvalue weighted by Gasteiger charge is -2.30. The van der Waals surface area contributed by atoms with Crippen LogP contribution in [0.1, 0.15) is 41.6 Å². The van der Waals surface area contributed by atoms with Crippen LogP contribution in [0.5, 0.6) is 0 Å². The number of carbonyl (C=O) groups is 1. The third kappa shape index (κ3) is 4.82. The largest absolute Gasteiger partial charge is 0.382 e. The van der Waals surface area contributed by atoms with Gasteiger partial charge >= 0.3 is 0 Å². The van der Waals surface area contributed by atoms with Crippen molar-refractivity contribution in [2.24, 2.45) is 0 Å². The molecule has 0 aliphatic heterocycles. The Morgan fingerprint density at radius 1 is 1.25 bits per heavy atom. The van der Waals surface area contributed by atoms with Gasteiger partial charge in [-0.2, -0.15) is 0 Å². The number of amides is 1. The Kier molecular flexibility index (Phi) is 5.87. The summed E-state index contributed by atoms with van der Waals surface area (Å²) < 4.78 is 26.8. The van der Waals surface area contributed by atoms with Crippen molar-refractivity contribution in [3.63, 3.8) is 0 Å². The van der Waals surface area contributed by atoms with Crippen LogP contribution in [-0.4, -0.2) is 34.9 Å². The minimum Gasteiger partial charge on any atom is -0.382 e. The van der Waals surface area contributed by atoms with Crippen molar-refractivity contribution in [3.05, 3.63) is 48.3 Å². The third-order valence-corrected chi connectivity index (χ3v) is 4.73. The topological polar surface area (TPSA) is 78.9 Å².